The van der Waals surface area contributed by atoms with E-state index in [1.165, 1.54) is 0 Å². The van der Waals surface area contributed by atoms with Crippen molar-refractivity contribution in [1.29, 1.82) is 0 Å². The van der Waals surface area contributed by atoms with Gasteiger partial charge in [-0.25, -0.2) is 4.98 Å². The Morgan fingerprint density at radius 2 is 2.08 bits per heavy atom. The van der Waals surface area contributed by atoms with Gasteiger partial charge in [-0.1, -0.05) is 27.7 Å². The van der Waals surface area contributed by atoms with Crippen molar-refractivity contribution in [1.82, 2.24) is 14.8 Å². The van der Waals surface area contributed by atoms with Crippen LogP contribution in [0.1, 0.15) is 39.9 Å². The highest BCUT2D eigenvalue weighted by molar-refractivity contribution is 4.98. The van der Waals surface area contributed by atoms with E-state index < -0.39 is 0 Å². The van der Waals surface area contributed by atoms with Crippen LogP contribution in [0.3, 0.4) is 0 Å². The van der Waals surface area contributed by atoms with Gasteiger partial charge in [0, 0.05) is 12.0 Å². The lowest BCUT2D eigenvalue weighted by molar-refractivity contribution is 0.521. The van der Waals surface area contributed by atoms with Gasteiger partial charge in [0.05, 0.1) is 0 Å². The van der Waals surface area contributed by atoms with E-state index in [4.69, 9.17) is 0 Å². The van der Waals surface area contributed by atoms with Gasteiger partial charge in [0.1, 0.15) is 6.33 Å². The van der Waals surface area contributed by atoms with Crippen molar-refractivity contribution in [2.24, 2.45) is 0 Å². The molecule has 0 aliphatic carbocycles. The summed E-state index contributed by atoms with van der Waals surface area (Å²) in [6.07, 6.45) is 2.91. The number of aryl methyl sites for hydroxylation is 1. The van der Waals surface area contributed by atoms with Crippen LogP contribution in [0.15, 0.2) is 6.33 Å². The molecule has 0 unspecified atom stereocenters. The standard InChI is InChI=1S/C9H17N3/c1-5-6-12-7-10-8(11-12)9(2,3)4/h7H,5-6H2,1-4H3. The summed E-state index contributed by atoms with van der Waals surface area (Å²) in [5, 5.41) is 4.38. The zero-order chi connectivity index (χ0) is 9.19. The molecule has 1 aromatic rings. The van der Waals surface area contributed by atoms with Crippen LogP contribution in [0.4, 0.5) is 0 Å². The van der Waals surface area contributed by atoms with E-state index in [9.17, 15) is 0 Å². The third-order valence-electron chi connectivity index (χ3n) is 1.66. The number of nitrogens with zero attached hydrogens (tertiary/aromatic N) is 3. The Hall–Kier alpha value is -0.860. The normalized spacial score (nSPS) is 12.0. The molecule has 0 aromatic carbocycles. The SMILES string of the molecule is CCCn1cnc(C(C)(C)C)n1. The van der Waals surface area contributed by atoms with Crippen molar-refractivity contribution < 1.29 is 0 Å². The van der Waals surface area contributed by atoms with Crippen LogP contribution >= 0.6 is 0 Å². The average Bonchev–Trinajstić information content (AvgIpc) is 2.35. The van der Waals surface area contributed by atoms with Crippen molar-refractivity contribution in [2.75, 3.05) is 0 Å². The number of hydrogen-bond acceptors (Lipinski definition) is 2. The van der Waals surface area contributed by atoms with E-state index in [2.05, 4.69) is 37.8 Å². The second kappa shape index (κ2) is 3.25. The number of hydrogen-bond donors (Lipinski definition) is 0. The zero-order valence-electron chi connectivity index (χ0n) is 8.33. The van der Waals surface area contributed by atoms with Crippen LogP contribution in [-0.2, 0) is 12.0 Å². The first-order valence-electron chi connectivity index (χ1n) is 4.44. The van der Waals surface area contributed by atoms with Crippen LogP contribution < -0.4 is 0 Å². The Kier molecular flexibility index (Phi) is 2.50. The molecule has 0 aliphatic rings. The van der Waals surface area contributed by atoms with E-state index in [0.717, 1.165) is 18.8 Å². The minimum absolute atomic E-state index is 0.0684. The van der Waals surface area contributed by atoms with Crippen LogP contribution in [0.25, 0.3) is 0 Å². The molecule has 0 amide bonds. The largest absolute Gasteiger partial charge is 0.253 e. The minimum atomic E-state index is 0.0684. The first-order valence-corrected chi connectivity index (χ1v) is 4.44. The first-order chi connectivity index (χ1) is 5.54. The van der Waals surface area contributed by atoms with Gasteiger partial charge >= 0.3 is 0 Å². The molecule has 1 rings (SSSR count). The molecular weight excluding hydrogens is 150 g/mol. The molecule has 1 aromatic heterocycles. The molecule has 0 aliphatic heterocycles. The highest BCUT2D eigenvalue weighted by atomic mass is 15.3. The van der Waals surface area contributed by atoms with Crippen molar-refractivity contribution in [3.63, 3.8) is 0 Å². The topological polar surface area (TPSA) is 30.7 Å². The molecule has 0 N–H and O–H groups in total. The first kappa shape index (κ1) is 9.23. The minimum Gasteiger partial charge on any atom is -0.253 e. The maximum absolute atomic E-state index is 4.38. The second-order valence-electron chi connectivity index (χ2n) is 4.08. The van der Waals surface area contributed by atoms with E-state index in [-0.39, 0.29) is 5.41 Å². The van der Waals surface area contributed by atoms with Gasteiger partial charge in [-0.15, -0.1) is 0 Å². The summed E-state index contributed by atoms with van der Waals surface area (Å²) in [7, 11) is 0. The summed E-state index contributed by atoms with van der Waals surface area (Å²) in [6.45, 7) is 9.47. The van der Waals surface area contributed by atoms with Crippen LogP contribution in [-0.4, -0.2) is 14.8 Å². The van der Waals surface area contributed by atoms with Gasteiger partial charge in [-0.05, 0) is 6.42 Å². The quantitative estimate of drug-likeness (QED) is 0.674. The molecule has 0 saturated carbocycles. The molecule has 0 spiro atoms. The number of rotatable bonds is 2. The van der Waals surface area contributed by atoms with Gasteiger partial charge in [0.15, 0.2) is 5.82 Å². The molecule has 0 bridgehead atoms. The highest BCUT2D eigenvalue weighted by Crippen LogP contribution is 2.16. The fourth-order valence-corrected chi connectivity index (χ4v) is 0.975. The van der Waals surface area contributed by atoms with Crippen LogP contribution in [0.2, 0.25) is 0 Å². The fourth-order valence-electron chi connectivity index (χ4n) is 0.975. The lowest BCUT2D eigenvalue weighted by atomic mass is 9.96. The molecular formula is C9H17N3. The lowest BCUT2D eigenvalue weighted by Crippen LogP contribution is -2.14. The van der Waals surface area contributed by atoms with Gasteiger partial charge in [0.25, 0.3) is 0 Å². The third kappa shape index (κ3) is 2.06. The number of aromatic nitrogens is 3. The van der Waals surface area contributed by atoms with Crippen molar-refractivity contribution in [3.8, 4) is 0 Å². The molecule has 0 saturated heterocycles. The second-order valence-corrected chi connectivity index (χ2v) is 4.08. The van der Waals surface area contributed by atoms with Crippen LogP contribution in [0, 0.1) is 0 Å². The van der Waals surface area contributed by atoms with E-state index >= 15 is 0 Å². The summed E-state index contributed by atoms with van der Waals surface area (Å²) in [4.78, 5) is 4.26. The Morgan fingerprint density at radius 1 is 1.42 bits per heavy atom. The van der Waals surface area contributed by atoms with Crippen molar-refractivity contribution in [2.45, 2.75) is 46.1 Å². The summed E-state index contributed by atoms with van der Waals surface area (Å²) in [5.74, 6) is 0.927. The molecule has 1 heterocycles. The molecule has 12 heavy (non-hydrogen) atoms. The maximum Gasteiger partial charge on any atom is 0.155 e. The Labute approximate surface area is 73.8 Å². The van der Waals surface area contributed by atoms with E-state index in [0.29, 0.717) is 0 Å². The van der Waals surface area contributed by atoms with Crippen LogP contribution in [0.5, 0.6) is 0 Å². The molecule has 0 atom stereocenters. The van der Waals surface area contributed by atoms with E-state index in [1.807, 2.05) is 11.0 Å². The van der Waals surface area contributed by atoms with Crippen molar-refractivity contribution >= 4 is 0 Å². The molecule has 3 nitrogen and oxygen atoms in total. The Balaban J connectivity index is 2.77. The fraction of sp³-hybridized carbons (Fsp3) is 0.778. The third-order valence-corrected chi connectivity index (χ3v) is 1.66. The molecule has 0 radical (unpaired) electrons. The zero-order valence-corrected chi connectivity index (χ0v) is 8.33. The predicted octanol–water partition coefficient (Wildman–Crippen LogP) is 1.99. The van der Waals surface area contributed by atoms with Gasteiger partial charge in [-0.3, -0.25) is 4.68 Å². The summed E-state index contributed by atoms with van der Waals surface area (Å²) in [6, 6.07) is 0. The van der Waals surface area contributed by atoms with E-state index in [1.54, 1.807) is 0 Å². The molecule has 0 fully saturated rings. The lowest BCUT2D eigenvalue weighted by Gasteiger charge is -2.12. The molecule has 3 heteroatoms. The average molecular weight is 167 g/mol. The summed E-state index contributed by atoms with van der Waals surface area (Å²) < 4.78 is 1.90. The van der Waals surface area contributed by atoms with Gasteiger partial charge < -0.3 is 0 Å². The van der Waals surface area contributed by atoms with Gasteiger partial charge in [-0.2, -0.15) is 5.10 Å². The maximum atomic E-state index is 4.38. The molecule has 68 valence electrons. The summed E-state index contributed by atoms with van der Waals surface area (Å²) >= 11 is 0. The smallest absolute Gasteiger partial charge is 0.155 e. The summed E-state index contributed by atoms with van der Waals surface area (Å²) in [5.41, 5.74) is 0.0684. The monoisotopic (exact) mass is 167 g/mol. The van der Waals surface area contributed by atoms with Crippen molar-refractivity contribution in [3.05, 3.63) is 12.2 Å². The predicted molar refractivity (Wildman–Crippen MR) is 49.0 cm³/mol. The Bertz CT molecular complexity index is 245. The Morgan fingerprint density at radius 3 is 2.50 bits per heavy atom. The highest BCUT2D eigenvalue weighted by Gasteiger charge is 2.18. The van der Waals surface area contributed by atoms with Gasteiger partial charge in [0.2, 0.25) is 0 Å².